The molecule has 3 aliphatic heterocycles. The lowest BCUT2D eigenvalue weighted by Gasteiger charge is -2.45. The van der Waals surface area contributed by atoms with E-state index in [-0.39, 0.29) is 29.9 Å². The third-order valence-corrected chi connectivity index (χ3v) is 8.15. The van der Waals surface area contributed by atoms with Crippen LogP contribution in [-0.2, 0) is 4.79 Å². The number of imide groups is 1. The number of nitrogens with two attached hydrogens (primary N) is 1. The molecule has 176 valence electrons. The maximum Gasteiger partial charge on any atom is 0.325 e. The van der Waals surface area contributed by atoms with Crippen molar-refractivity contribution in [3.63, 3.8) is 0 Å². The summed E-state index contributed by atoms with van der Waals surface area (Å²) in [6.45, 7) is 6.45. The monoisotopic (exact) mass is 470 g/mol. The van der Waals surface area contributed by atoms with Gasteiger partial charge >= 0.3 is 6.03 Å². The molecule has 3 aliphatic rings. The molecule has 2 aromatic heterocycles. The first kappa shape index (κ1) is 22.1. The van der Waals surface area contributed by atoms with Crippen LogP contribution in [0, 0.1) is 0 Å². The number of pyridine rings is 1. The van der Waals surface area contributed by atoms with Crippen LogP contribution in [0.4, 0.5) is 9.80 Å². The number of amides is 4. The smallest absolute Gasteiger partial charge is 0.325 e. The minimum atomic E-state index is -0.816. The van der Waals surface area contributed by atoms with Gasteiger partial charge in [-0.2, -0.15) is 0 Å². The highest BCUT2D eigenvalue weighted by molar-refractivity contribution is 7.22. The maximum absolute atomic E-state index is 13.3. The second-order valence-electron chi connectivity index (χ2n) is 9.58. The van der Waals surface area contributed by atoms with Crippen LogP contribution in [0.15, 0.2) is 18.3 Å². The summed E-state index contributed by atoms with van der Waals surface area (Å²) in [5.41, 5.74) is 5.93. The van der Waals surface area contributed by atoms with E-state index in [0.29, 0.717) is 36.6 Å². The molecule has 10 heteroatoms. The van der Waals surface area contributed by atoms with E-state index in [1.54, 1.807) is 6.20 Å². The van der Waals surface area contributed by atoms with Gasteiger partial charge in [0.05, 0.1) is 5.56 Å². The van der Waals surface area contributed by atoms with Crippen molar-refractivity contribution in [2.75, 3.05) is 31.9 Å². The fourth-order valence-electron chi connectivity index (χ4n) is 5.55. The van der Waals surface area contributed by atoms with E-state index in [4.69, 9.17) is 5.73 Å². The number of carbonyl (C=O) groups is 3. The molecule has 0 aromatic carbocycles. The minimum Gasteiger partial charge on any atom is -0.390 e. The van der Waals surface area contributed by atoms with Gasteiger partial charge in [0.15, 0.2) is 0 Å². The van der Waals surface area contributed by atoms with Gasteiger partial charge in [-0.25, -0.2) is 9.78 Å². The Balaban J connectivity index is 1.26. The summed E-state index contributed by atoms with van der Waals surface area (Å²) >= 11 is 1.35. The van der Waals surface area contributed by atoms with Crippen LogP contribution in [0.5, 0.6) is 0 Å². The van der Waals surface area contributed by atoms with Crippen molar-refractivity contribution in [2.24, 2.45) is 0 Å². The van der Waals surface area contributed by atoms with E-state index in [1.807, 2.05) is 30.9 Å². The van der Waals surface area contributed by atoms with Crippen molar-refractivity contribution in [2.45, 2.75) is 57.2 Å². The van der Waals surface area contributed by atoms with Gasteiger partial charge in [0, 0.05) is 43.3 Å². The quantitative estimate of drug-likeness (QED) is 0.666. The second-order valence-corrected chi connectivity index (χ2v) is 10.6. The molecule has 9 nitrogen and oxygen atoms in total. The number of anilines is 1. The largest absolute Gasteiger partial charge is 0.390 e. The lowest BCUT2D eigenvalue weighted by atomic mass is 9.86. The molecule has 1 atom stereocenters. The Morgan fingerprint density at radius 2 is 2.03 bits per heavy atom. The lowest BCUT2D eigenvalue weighted by Crippen LogP contribution is -2.61. The molecule has 0 radical (unpaired) electrons. The highest BCUT2D eigenvalue weighted by Gasteiger charge is 2.54. The summed E-state index contributed by atoms with van der Waals surface area (Å²) in [6.07, 6.45) is 4.91. The van der Waals surface area contributed by atoms with Gasteiger partial charge in [0.1, 0.15) is 15.4 Å². The summed E-state index contributed by atoms with van der Waals surface area (Å²) in [5, 5.41) is 4.33. The number of hydrogen-bond acceptors (Lipinski definition) is 7. The Morgan fingerprint density at radius 3 is 2.73 bits per heavy atom. The van der Waals surface area contributed by atoms with Crippen LogP contribution in [0.2, 0.25) is 0 Å². The van der Waals surface area contributed by atoms with Crippen molar-refractivity contribution < 1.29 is 14.4 Å². The molecule has 33 heavy (non-hydrogen) atoms. The number of thiophene rings is 1. The van der Waals surface area contributed by atoms with Crippen LogP contribution in [0.1, 0.15) is 49.9 Å². The molecule has 5 heterocycles. The highest BCUT2D eigenvalue weighted by atomic mass is 32.1. The number of fused-ring (bicyclic) bond motifs is 1. The van der Waals surface area contributed by atoms with Crippen LogP contribution < -0.4 is 11.1 Å². The van der Waals surface area contributed by atoms with Crippen molar-refractivity contribution in [1.29, 1.82) is 0 Å². The summed E-state index contributed by atoms with van der Waals surface area (Å²) in [4.78, 5) is 49.5. The maximum atomic E-state index is 13.3. The minimum absolute atomic E-state index is 0.0360. The van der Waals surface area contributed by atoms with E-state index in [0.717, 1.165) is 36.0 Å². The molecule has 2 aromatic rings. The summed E-state index contributed by atoms with van der Waals surface area (Å²) < 4.78 is 0. The van der Waals surface area contributed by atoms with E-state index >= 15 is 0 Å². The van der Waals surface area contributed by atoms with E-state index in [2.05, 4.69) is 15.2 Å². The fraction of sp³-hybridized carbons (Fsp3) is 0.565. The number of likely N-dealkylation sites (tertiary alicyclic amines) is 2. The molecule has 1 unspecified atom stereocenters. The zero-order chi connectivity index (χ0) is 23.3. The topological polar surface area (TPSA) is 112 Å². The SMILES string of the molecule is CC(C)N1C(=O)NC2(CCCN(C3CCN(C(=O)c4c(N)sc5ncccc45)CC3)C2)C1=O. The van der Waals surface area contributed by atoms with Gasteiger partial charge in [0.2, 0.25) is 0 Å². The Hall–Kier alpha value is -2.72. The van der Waals surface area contributed by atoms with Gasteiger partial charge in [-0.3, -0.25) is 19.4 Å². The van der Waals surface area contributed by atoms with Crippen molar-refractivity contribution in [3.05, 3.63) is 23.9 Å². The molecular weight excluding hydrogens is 440 g/mol. The van der Waals surface area contributed by atoms with Crippen molar-refractivity contribution in [3.8, 4) is 0 Å². The number of nitrogens with zero attached hydrogens (tertiary/aromatic N) is 4. The molecule has 0 aliphatic carbocycles. The average molecular weight is 471 g/mol. The van der Waals surface area contributed by atoms with Crippen LogP contribution >= 0.6 is 11.3 Å². The molecule has 3 N–H and O–H groups in total. The van der Waals surface area contributed by atoms with E-state index < -0.39 is 5.54 Å². The summed E-state index contributed by atoms with van der Waals surface area (Å²) in [6, 6.07) is 3.56. The molecule has 0 bridgehead atoms. The molecule has 3 saturated heterocycles. The Kier molecular flexibility index (Phi) is 5.52. The van der Waals surface area contributed by atoms with Crippen molar-refractivity contribution in [1.82, 2.24) is 25.0 Å². The number of rotatable bonds is 3. The van der Waals surface area contributed by atoms with Gasteiger partial charge < -0.3 is 16.0 Å². The molecule has 4 amide bonds. The number of carbonyl (C=O) groups excluding carboxylic acids is 3. The summed E-state index contributed by atoms with van der Waals surface area (Å²) in [7, 11) is 0. The number of piperidine rings is 2. The van der Waals surface area contributed by atoms with Crippen LogP contribution in [0.25, 0.3) is 10.2 Å². The van der Waals surface area contributed by atoms with E-state index in [9.17, 15) is 14.4 Å². The van der Waals surface area contributed by atoms with Crippen molar-refractivity contribution >= 4 is 44.4 Å². The van der Waals surface area contributed by atoms with Gasteiger partial charge in [0.25, 0.3) is 11.8 Å². The highest BCUT2D eigenvalue weighted by Crippen LogP contribution is 2.35. The predicted molar refractivity (Wildman–Crippen MR) is 127 cm³/mol. The standard InChI is InChI=1S/C23H30N6O3S/c1-14(2)29-21(31)23(26-22(29)32)8-4-10-28(13-23)15-6-11-27(12-7-15)20(30)17-16-5-3-9-25-19(16)33-18(17)24/h3,5,9,14-15H,4,6-8,10-13,24H2,1-2H3,(H,26,32). The van der Waals surface area contributed by atoms with Crippen LogP contribution in [-0.4, -0.2) is 81.3 Å². The zero-order valence-corrected chi connectivity index (χ0v) is 19.9. The first-order chi connectivity index (χ1) is 15.8. The van der Waals surface area contributed by atoms with E-state index in [1.165, 1.54) is 16.2 Å². The Labute approximate surface area is 196 Å². The zero-order valence-electron chi connectivity index (χ0n) is 19.0. The molecule has 5 rings (SSSR count). The summed E-state index contributed by atoms with van der Waals surface area (Å²) in [5.74, 6) is -0.139. The Morgan fingerprint density at radius 1 is 1.27 bits per heavy atom. The van der Waals surface area contributed by atoms with Gasteiger partial charge in [-0.1, -0.05) is 11.3 Å². The Bertz CT molecular complexity index is 1110. The first-order valence-electron chi connectivity index (χ1n) is 11.6. The fourth-order valence-corrected chi connectivity index (χ4v) is 6.45. The second kappa shape index (κ2) is 8.25. The molecule has 1 spiro atoms. The van der Waals surface area contributed by atoms with Gasteiger partial charge in [-0.15, -0.1) is 0 Å². The third kappa shape index (κ3) is 3.65. The number of hydrogen-bond donors (Lipinski definition) is 2. The first-order valence-corrected chi connectivity index (χ1v) is 12.4. The lowest BCUT2D eigenvalue weighted by molar-refractivity contribution is -0.134. The normalized spacial score (nSPS) is 24.9. The number of nitrogens with one attached hydrogen (secondary N) is 1. The van der Waals surface area contributed by atoms with Gasteiger partial charge in [-0.05, 0) is 58.2 Å². The average Bonchev–Trinajstić information content (AvgIpc) is 3.25. The number of nitrogen functional groups attached to an aromatic ring is 1. The third-order valence-electron chi connectivity index (χ3n) is 7.21. The predicted octanol–water partition coefficient (Wildman–Crippen LogP) is 2.28. The number of urea groups is 1. The van der Waals surface area contributed by atoms with Crippen LogP contribution in [0.3, 0.4) is 0 Å². The molecular formula is C23H30N6O3S. The molecule has 3 fully saturated rings. The number of aromatic nitrogens is 1. The molecule has 0 saturated carbocycles.